The normalized spacial score (nSPS) is 19.2. The zero-order chi connectivity index (χ0) is 15.4. The van der Waals surface area contributed by atoms with Gasteiger partial charge in [-0.1, -0.05) is 6.07 Å². The van der Waals surface area contributed by atoms with E-state index in [1.165, 1.54) is 5.56 Å². The Hall–Kier alpha value is -1.88. The van der Waals surface area contributed by atoms with Crippen LogP contribution < -0.4 is 11.1 Å². The van der Waals surface area contributed by atoms with Crippen LogP contribution in [-0.4, -0.2) is 36.3 Å². The topological polar surface area (TPSA) is 75.4 Å². The lowest BCUT2D eigenvalue weighted by atomic mass is 9.97. The van der Waals surface area contributed by atoms with Gasteiger partial charge in [-0.25, -0.2) is 0 Å². The van der Waals surface area contributed by atoms with Gasteiger partial charge in [0.2, 0.25) is 11.8 Å². The van der Waals surface area contributed by atoms with E-state index in [-0.39, 0.29) is 17.7 Å². The van der Waals surface area contributed by atoms with Crippen LogP contribution >= 0.6 is 0 Å². The summed E-state index contributed by atoms with van der Waals surface area (Å²) < 4.78 is 0. The van der Waals surface area contributed by atoms with E-state index >= 15 is 0 Å². The standard InChI is InChI=1S/C16H23N3O2/c1-11-5-6-14(8-12(11)2)18-15(20)10-19-7-3-4-13(9-19)16(17)21/h5-6,8,13H,3-4,7,9-10H2,1-2H3,(H2,17,21)(H,18,20)/t13-/m1/s1. The van der Waals surface area contributed by atoms with Crippen molar-refractivity contribution >= 4 is 17.5 Å². The van der Waals surface area contributed by atoms with E-state index in [1.807, 2.05) is 36.9 Å². The van der Waals surface area contributed by atoms with E-state index in [1.54, 1.807) is 0 Å². The Morgan fingerprint density at radius 1 is 1.33 bits per heavy atom. The van der Waals surface area contributed by atoms with Gasteiger partial charge < -0.3 is 11.1 Å². The summed E-state index contributed by atoms with van der Waals surface area (Å²) in [5.74, 6) is -0.453. The second-order valence-corrected chi connectivity index (χ2v) is 5.82. The first-order valence-corrected chi connectivity index (χ1v) is 7.34. The highest BCUT2D eigenvalue weighted by molar-refractivity contribution is 5.92. The second-order valence-electron chi connectivity index (χ2n) is 5.82. The van der Waals surface area contributed by atoms with Crippen LogP contribution in [0.2, 0.25) is 0 Å². The Morgan fingerprint density at radius 3 is 2.76 bits per heavy atom. The summed E-state index contributed by atoms with van der Waals surface area (Å²) in [6.45, 7) is 5.78. The van der Waals surface area contributed by atoms with E-state index in [2.05, 4.69) is 5.32 Å². The van der Waals surface area contributed by atoms with Crippen molar-refractivity contribution in [1.82, 2.24) is 4.90 Å². The van der Waals surface area contributed by atoms with Gasteiger partial charge in [0, 0.05) is 12.2 Å². The highest BCUT2D eigenvalue weighted by Crippen LogP contribution is 2.17. The number of nitrogens with zero attached hydrogens (tertiary/aromatic N) is 1. The van der Waals surface area contributed by atoms with Gasteiger partial charge in [-0.2, -0.15) is 0 Å². The van der Waals surface area contributed by atoms with E-state index in [0.29, 0.717) is 13.1 Å². The van der Waals surface area contributed by atoms with Crippen molar-refractivity contribution < 1.29 is 9.59 Å². The molecule has 1 aliphatic heterocycles. The predicted octanol–water partition coefficient (Wildman–Crippen LogP) is 1.44. The largest absolute Gasteiger partial charge is 0.369 e. The number of anilines is 1. The van der Waals surface area contributed by atoms with Gasteiger partial charge in [0.15, 0.2) is 0 Å². The molecule has 21 heavy (non-hydrogen) atoms. The van der Waals surface area contributed by atoms with Crippen molar-refractivity contribution in [2.24, 2.45) is 11.7 Å². The summed E-state index contributed by atoms with van der Waals surface area (Å²) in [6, 6.07) is 5.87. The fraction of sp³-hybridized carbons (Fsp3) is 0.500. The van der Waals surface area contributed by atoms with Gasteiger partial charge in [0.05, 0.1) is 12.5 Å². The molecule has 0 spiro atoms. The molecule has 5 nitrogen and oxygen atoms in total. The minimum Gasteiger partial charge on any atom is -0.369 e. The maximum Gasteiger partial charge on any atom is 0.238 e. The first-order valence-electron chi connectivity index (χ1n) is 7.34. The number of primary amides is 1. The Kier molecular flexibility index (Phi) is 4.96. The highest BCUT2D eigenvalue weighted by atomic mass is 16.2. The molecule has 2 rings (SSSR count). The number of piperidine rings is 1. The van der Waals surface area contributed by atoms with Crippen LogP contribution in [0.15, 0.2) is 18.2 Å². The number of nitrogens with two attached hydrogens (primary N) is 1. The third-order valence-corrected chi connectivity index (χ3v) is 4.07. The molecule has 1 fully saturated rings. The molecule has 1 aliphatic rings. The molecule has 0 radical (unpaired) electrons. The molecule has 3 N–H and O–H groups in total. The SMILES string of the molecule is Cc1ccc(NC(=O)CN2CCC[C@@H](C(N)=O)C2)cc1C. The lowest BCUT2D eigenvalue weighted by molar-refractivity contribution is -0.125. The summed E-state index contributed by atoms with van der Waals surface area (Å²) in [7, 11) is 0. The molecule has 0 bridgehead atoms. The summed E-state index contributed by atoms with van der Waals surface area (Å²) in [4.78, 5) is 25.3. The van der Waals surface area contributed by atoms with Crippen molar-refractivity contribution in [2.45, 2.75) is 26.7 Å². The average molecular weight is 289 g/mol. The number of carbonyl (C=O) groups excluding carboxylic acids is 2. The fourth-order valence-corrected chi connectivity index (χ4v) is 2.65. The maximum atomic E-state index is 12.1. The smallest absolute Gasteiger partial charge is 0.238 e. The number of benzene rings is 1. The number of rotatable bonds is 4. The molecule has 1 atom stereocenters. The third kappa shape index (κ3) is 4.29. The van der Waals surface area contributed by atoms with Gasteiger partial charge in [-0.3, -0.25) is 14.5 Å². The molecular weight excluding hydrogens is 266 g/mol. The van der Waals surface area contributed by atoms with Crippen LogP contribution in [0.3, 0.4) is 0 Å². The highest BCUT2D eigenvalue weighted by Gasteiger charge is 2.25. The lowest BCUT2D eigenvalue weighted by Gasteiger charge is -2.30. The first-order chi connectivity index (χ1) is 9.95. The molecule has 114 valence electrons. The van der Waals surface area contributed by atoms with Crippen molar-refractivity contribution in [3.8, 4) is 0 Å². The predicted molar refractivity (Wildman–Crippen MR) is 82.9 cm³/mol. The zero-order valence-corrected chi connectivity index (χ0v) is 12.7. The van der Waals surface area contributed by atoms with Crippen LogP contribution in [-0.2, 0) is 9.59 Å². The van der Waals surface area contributed by atoms with Gasteiger partial charge >= 0.3 is 0 Å². The molecule has 0 saturated carbocycles. The molecule has 2 amide bonds. The maximum absolute atomic E-state index is 12.1. The number of amides is 2. The van der Waals surface area contributed by atoms with Crippen molar-refractivity contribution in [3.63, 3.8) is 0 Å². The molecule has 0 aromatic heterocycles. The number of aryl methyl sites for hydroxylation is 2. The number of nitrogens with one attached hydrogen (secondary N) is 1. The van der Waals surface area contributed by atoms with E-state index in [0.717, 1.165) is 30.6 Å². The minimum atomic E-state index is -0.269. The molecular formula is C16H23N3O2. The molecule has 5 heteroatoms. The molecule has 1 aromatic carbocycles. The molecule has 0 unspecified atom stereocenters. The van der Waals surface area contributed by atoms with Crippen LogP contribution in [0.4, 0.5) is 5.69 Å². The summed E-state index contributed by atoms with van der Waals surface area (Å²) in [6.07, 6.45) is 1.73. The Morgan fingerprint density at radius 2 is 2.10 bits per heavy atom. The lowest BCUT2D eigenvalue weighted by Crippen LogP contribution is -2.44. The Bertz CT molecular complexity index is 542. The van der Waals surface area contributed by atoms with E-state index in [4.69, 9.17) is 5.73 Å². The van der Waals surface area contributed by atoms with Crippen molar-refractivity contribution in [2.75, 3.05) is 25.0 Å². The van der Waals surface area contributed by atoms with Crippen LogP contribution in [0.1, 0.15) is 24.0 Å². The quantitative estimate of drug-likeness (QED) is 0.880. The summed E-state index contributed by atoms with van der Waals surface area (Å²) in [5, 5.41) is 2.90. The first kappa shape index (κ1) is 15.5. The Balaban J connectivity index is 1.89. The van der Waals surface area contributed by atoms with Gasteiger partial charge in [0.25, 0.3) is 0 Å². The fourth-order valence-electron chi connectivity index (χ4n) is 2.65. The minimum absolute atomic E-state index is 0.0524. The van der Waals surface area contributed by atoms with Crippen molar-refractivity contribution in [1.29, 1.82) is 0 Å². The van der Waals surface area contributed by atoms with Gasteiger partial charge in [0.1, 0.15) is 0 Å². The van der Waals surface area contributed by atoms with Crippen LogP contribution in [0.5, 0.6) is 0 Å². The number of carbonyl (C=O) groups is 2. The summed E-state index contributed by atoms with van der Waals surface area (Å²) >= 11 is 0. The zero-order valence-electron chi connectivity index (χ0n) is 12.7. The number of hydrogen-bond donors (Lipinski definition) is 2. The van der Waals surface area contributed by atoms with E-state index < -0.39 is 0 Å². The number of likely N-dealkylation sites (tertiary alicyclic amines) is 1. The monoisotopic (exact) mass is 289 g/mol. The van der Waals surface area contributed by atoms with Gasteiger partial charge in [-0.05, 0) is 56.5 Å². The Labute approximate surface area is 125 Å². The van der Waals surface area contributed by atoms with E-state index in [9.17, 15) is 9.59 Å². The molecule has 0 aliphatic carbocycles. The summed E-state index contributed by atoms with van der Waals surface area (Å²) in [5.41, 5.74) is 8.51. The molecule has 1 saturated heterocycles. The number of hydrogen-bond acceptors (Lipinski definition) is 3. The van der Waals surface area contributed by atoms with Crippen molar-refractivity contribution in [3.05, 3.63) is 29.3 Å². The van der Waals surface area contributed by atoms with Gasteiger partial charge in [-0.15, -0.1) is 0 Å². The average Bonchev–Trinajstić information content (AvgIpc) is 2.43. The molecule has 1 aromatic rings. The molecule has 1 heterocycles. The third-order valence-electron chi connectivity index (χ3n) is 4.07. The second kappa shape index (κ2) is 6.72. The van der Waals surface area contributed by atoms with Crippen LogP contribution in [0.25, 0.3) is 0 Å². The van der Waals surface area contributed by atoms with Crippen LogP contribution in [0, 0.1) is 19.8 Å².